The number of carboxylic acids is 1. The Morgan fingerprint density at radius 1 is 0.949 bits per heavy atom. The lowest BCUT2D eigenvalue weighted by atomic mass is 9.98. The van der Waals surface area contributed by atoms with Gasteiger partial charge in [0, 0.05) is 13.0 Å². The molecule has 1 fully saturated rings. The Balaban J connectivity index is 1.30. The molecule has 0 aromatic heterocycles. The topological polar surface area (TPSA) is 105 Å². The number of likely N-dealkylation sites (N-methyl/N-ethyl adjacent to an activating group) is 1. The molecular weight excluding hydrogens is 496 g/mol. The fourth-order valence-corrected chi connectivity index (χ4v) is 5.28. The highest BCUT2D eigenvalue weighted by atomic mass is 16.5. The first-order valence-electron chi connectivity index (χ1n) is 13.1. The van der Waals surface area contributed by atoms with E-state index in [2.05, 4.69) is 17.4 Å². The number of fused-ring (bicyclic) bond motifs is 3. The summed E-state index contributed by atoms with van der Waals surface area (Å²) in [6, 6.07) is 24.4. The molecule has 2 N–H and O–H groups in total. The van der Waals surface area contributed by atoms with E-state index in [4.69, 9.17) is 9.47 Å². The van der Waals surface area contributed by atoms with Gasteiger partial charge < -0.3 is 24.8 Å². The van der Waals surface area contributed by atoms with Crippen LogP contribution in [0.3, 0.4) is 0 Å². The molecule has 2 aliphatic rings. The van der Waals surface area contributed by atoms with E-state index in [1.54, 1.807) is 6.92 Å². The second kappa shape index (κ2) is 10.9. The number of nitrogens with one attached hydrogen (secondary N) is 1. The molecule has 0 aliphatic heterocycles. The number of amides is 2. The maximum Gasteiger partial charge on any atom is 0.407 e. The highest BCUT2D eigenvalue weighted by Gasteiger charge is 2.56. The van der Waals surface area contributed by atoms with Crippen molar-refractivity contribution in [3.05, 3.63) is 95.6 Å². The van der Waals surface area contributed by atoms with Gasteiger partial charge in [0.05, 0.1) is 12.7 Å². The zero-order valence-electron chi connectivity index (χ0n) is 22.0. The summed E-state index contributed by atoms with van der Waals surface area (Å²) in [6.45, 7) is 2.00. The van der Waals surface area contributed by atoms with E-state index >= 15 is 0 Å². The van der Waals surface area contributed by atoms with Crippen molar-refractivity contribution in [1.29, 1.82) is 0 Å². The zero-order valence-corrected chi connectivity index (χ0v) is 22.0. The van der Waals surface area contributed by atoms with Gasteiger partial charge in [0.1, 0.15) is 18.2 Å². The van der Waals surface area contributed by atoms with Gasteiger partial charge in [-0.25, -0.2) is 9.59 Å². The first kappa shape index (κ1) is 26.4. The molecule has 39 heavy (non-hydrogen) atoms. The smallest absolute Gasteiger partial charge is 0.407 e. The molecule has 8 nitrogen and oxygen atoms in total. The fourth-order valence-electron chi connectivity index (χ4n) is 5.28. The third kappa shape index (κ3) is 5.25. The molecule has 2 unspecified atom stereocenters. The number of carboxylic acid groups (broad SMARTS) is 1. The highest BCUT2D eigenvalue weighted by Crippen LogP contribution is 2.44. The van der Waals surface area contributed by atoms with Crippen molar-refractivity contribution in [1.82, 2.24) is 10.2 Å². The third-order valence-electron chi connectivity index (χ3n) is 7.80. The van der Waals surface area contributed by atoms with Crippen molar-refractivity contribution in [2.45, 2.75) is 50.0 Å². The van der Waals surface area contributed by atoms with E-state index in [-0.39, 0.29) is 19.1 Å². The van der Waals surface area contributed by atoms with Crippen LogP contribution in [0.5, 0.6) is 0 Å². The van der Waals surface area contributed by atoms with Crippen LogP contribution < -0.4 is 5.32 Å². The molecule has 5 rings (SSSR count). The Morgan fingerprint density at radius 2 is 1.51 bits per heavy atom. The van der Waals surface area contributed by atoms with Gasteiger partial charge in [-0.15, -0.1) is 0 Å². The monoisotopic (exact) mass is 528 g/mol. The van der Waals surface area contributed by atoms with Gasteiger partial charge in [-0.3, -0.25) is 4.79 Å². The van der Waals surface area contributed by atoms with Crippen LogP contribution in [0, 0.1) is 0 Å². The number of alkyl carbamates (subject to hydrolysis) is 1. The maximum atomic E-state index is 13.5. The number of ether oxygens (including phenoxy) is 2. The fraction of sp³-hybridized carbons (Fsp3) is 0.323. The molecule has 3 aromatic rings. The number of aliphatic carboxylic acids is 1. The molecule has 1 saturated carbocycles. The summed E-state index contributed by atoms with van der Waals surface area (Å²) in [5, 5.41) is 12.4. The van der Waals surface area contributed by atoms with Crippen LogP contribution in [0.2, 0.25) is 0 Å². The van der Waals surface area contributed by atoms with Crippen molar-refractivity contribution < 1.29 is 29.0 Å². The minimum Gasteiger partial charge on any atom is -0.479 e. The van der Waals surface area contributed by atoms with Gasteiger partial charge in [0.25, 0.3) is 0 Å². The average molecular weight is 529 g/mol. The van der Waals surface area contributed by atoms with Gasteiger partial charge >= 0.3 is 12.1 Å². The number of carbonyl (C=O) groups excluding carboxylic acids is 2. The Bertz CT molecular complexity index is 1320. The molecule has 2 aliphatic carbocycles. The quantitative estimate of drug-likeness (QED) is 0.399. The predicted octanol–water partition coefficient (Wildman–Crippen LogP) is 4.57. The summed E-state index contributed by atoms with van der Waals surface area (Å²) in [6.07, 6.45) is -0.785. The van der Waals surface area contributed by atoms with Crippen LogP contribution in [0.1, 0.15) is 42.4 Å². The van der Waals surface area contributed by atoms with E-state index in [1.165, 1.54) is 11.9 Å². The average Bonchev–Trinajstić information content (AvgIpc) is 3.72. The number of carbonyl (C=O) groups is 3. The molecule has 0 radical (unpaired) electrons. The summed E-state index contributed by atoms with van der Waals surface area (Å²) in [5.74, 6) is -1.73. The molecular formula is C31H32N2O6. The first-order valence-corrected chi connectivity index (χ1v) is 13.1. The van der Waals surface area contributed by atoms with Gasteiger partial charge in [-0.05, 0) is 47.6 Å². The Hall–Kier alpha value is -4.17. The summed E-state index contributed by atoms with van der Waals surface area (Å²) < 4.78 is 11.6. The van der Waals surface area contributed by atoms with Gasteiger partial charge in [-0.1, -0.05) is 78.9 Å². The van der Waals surface area contributed by atoms with Crippen molar-refractivity contribution in [3.63, 3.8) is 0 Å². The zero-order chi connectivity index (χ0) is 27.6. The van der Waals surface area contributed by atoms with Crippen LogP contribution in [0.25, 0.3) is 11.1 Å². The van der Waals surface area contributed by atoms with Crippen LogP contribution >= 0.6 is 0 Å². The molecule has 0 heterocycles. The SMILES string of the molecule is CC(OCc1ccccc1)C(NC(=O)OCC1c2ccccc2-c2ccccc21)C(=O)N(C)C1(C(=O)O)CC1. The second-order valence-electron chi connectivity index (χ2n) is 10.2. The normalized spacial score (nSPS) is 16.4. The lowest BCUT2D eigenvalue weighted by Crippen LogP contribution is -2.57. The van der Waals surface area contributed by atoms with E-state index in [9.17, 15) is 19.5 Å². The van der Waals surface area contributed by atoms with E-state index < -0.39 is 35.7 Å². The Labute approximate surface area is 227 Å². The van der Waals surface area contributed by atoms with Crippen LogP contribution in [0.4, 0.5) is 4.79 Å². The number of hydrogen-bond acceptors (Lipinski definition) is 5. The first-order chi connectivity index (χ1) is 18.8. The van der Waals surface area contributed by atoms with Crippen LogP contribution in [-0.2, 0) is 25.7 Å². The Morgan fingerprint density at radius 3 is 2.08 bits per heavy atom. The lowest BCUT2D eigenvalue weighted by Gasteiger charge is -2.32. The lowest BCUT2D eigenvalue weighted by molar-refractivity contribution is -0.153. The van der Waals surface area contributed by atoms with E-state index in [1.807, 2.05) is 66.7 Å². The minimum absolute atomic E-state index is 0.0922. The summed E-state index contributed by atoms with van der Waals surface area (Å²) in [7, 11) is 1.46. The van der Waals surface area contributed by atoms with E-state index in [0.29, 0.717) is 12.8 Å². The molecule has 2 amide bonds. The van der Waals surface area contributed by atoms with Crippen molar-refractivity contribution in [3.8, 4) is 11.1 Å². The molecule has 3 aromatic carbocycles. The second-order valence-corrected chi connectivity index (χ2v) is 10.2. The maximum absolute atomic E-state index is 13.5. The van der Waals surface area contributed by atoms with Gasteiger partial charge in [0.2, 0.25) is 5.91 Å². The third-order valence-corrected chi connectivity index (χ3v) is 7.80. The molecule has 0 spiro atoms. The van der Waals surface area contributed by atoms with Crippen molar-refractivity contribution in [2.24, 2.45) is 0 Å². The predicted molar refractivity (Wildman–Crippen MR) is 145 cm³/mol. The van der Waals surface area contributed by atoms with Gasteiger partial charge in [0.15, 0.2) is 0 Å². The molecule has 0 bridgehead atoms. The number of nitrogens with zero attached hydrogens (tertiary/aromatic N) is 1. The highest BCUT2D eigenvalue weighted by molar-refractivity contribution is 5.93. The largest absolute Gasteiger partial charge is 0.479 e. The molecule has 0 saturated heterocycles. The van der Waals surface area contributed by atoms with Crippen molar-refractivity contribution >= 4 is 18.0 Å². The summed E-state index contributed by atoms with van der Waals surface area (Å²) in [4.78, 5) is 39.7. The number of rotatable bonds is 10. The minimum atomic E-state index is -1.25. The summed E-state index contributed by atoms with van der Waals surface area (Å²) in [5.41, 5.74) is 4.05. The Kier molecular flexibility index (Phi) is 7.39. The molecule has 202 valence electrons. The summed E-state index contributed by atoms with van der Waals surface area (Å²) >= 11 is 0. The van der Waals surface area contributed by atoms with Gasteiger partial charge in [-0.2, -0.15) is 0 Å². The van der Waals surface area contributed by atoms with Crippen molar-refractivity contribution in [2.75, 3.05) is 13.7 Å². The molecule has 2 atom stereocenters. The van der Waals surface area contributed by atoms with Crippen LogP contribution in [0.15, 0.2) is 78.9 Å². The number of hydrogen-bond donors (Lipinski definition) is 2. The standard InChI is InChI=1S/C31H32N2O6/c1-20(38-18-21-10-4-3-5-11-21)27(28(34)33(2)31(16-17-31)29(35)36)32-30(37)39-19-26-24-14-8-6-12-22(24)23-13-7-9-15-25(23)26/h3-15,20,26-27H,16-19H2,1-2H3,(H,32,37)(H,35,36). The molecule has 8 heteroatoms. The van der Waals surface area contributed by atoms with E-state index in [0.717, 1.165) is 27.8 Å². The van der Waals surface area contributed by atoms with Crippen LogP contribution in [-0.4, -0.2) is 59.3 Å². The number of benzene rings is 3.